The van der Waals surface area contributed by atoms with Crippen molar-refractivity contribution in [1.29, 1.82) is 0 Å². The standard InChI is InChI=1S/C26H35N3O2S/c1-4-19-12-14-20(15-13-19)31-17-9-16-29-23(18-28(5-2)6-3)27-25-24(26(29)30)21-10-7-8-11-22(21)32-25/h12-15H,4-11,16-18H2,1-3H3. The van der Waals surface area contributed by atoms with Crippen molar-refractivity contribution < 1.29 is 4.74 Å². The second kappa shape index (κ2) is 10.6. The first kappa shape index (κ1) is 23.0. The van der Waals surface area contributed by atoms with Crippen molar-refractivity contribution >= 4 is 21.6 Å². The maximum atomic E-state index is 13.6. The lowest BCUT2D eigenvalue weighted by Crippen LogP contribution is -2.31. The fourth-order valence-electron chi connectivity index (χ4n) is 4.51. The number of aromatic nitrogens is 2. The molecule has 0 bridgehead atoms. The zero-order valence-corrected chi connectivity index (χ0v) is 20.5. The lowest BCUT2D eigenvalue weighted by Gasteiger charge is -2.20. The summed E-state index contributed by atoms with van der Waals surface area (Å²) in [5.74, 6) is 1.77. The summed E-state index contributed by atoms with van der Waals surface area (Å²) < 4.78 is 7.87. The van der Waals surface area contributed by atoms with Gasteiger partial charge in [-0.2, -0.15) is 0 Å². The Morgan fingerprint density at radius 1 is 1.09 bits per heavy atom. The molecule has 0 saturated carbocycles. The van der Waals surface area contributed by atoms with E-state index in [1.165, 1.54) is 28.8 Å². The van der Waals surface area contributed by atoms with Crippen molar-refractivity contribution in [3.8, 4) is 5.75 Å². The molecule has 1 aliphatic rings. The van der Waals surface area contributed by atoms with E-state index in [1.54, 1.807) is 11.3 Å². The van der Waals surface area contributed by atoms with Crippen molar-refractivity contribution in [3.05, 3.63) is 56.4 Å². The molecule has 32 heavy (non-hydrogen) atoms. The van der Waals surface area contributed by atoms with E-state index in [0.29, 0.717) is 19.7 Å². The molecule has 2 aromatic heterocycles. The maximum absolute atomic E-state index is 13.6. The third-order valence-corrected chi connectivity index (χ3v) is 7.73. The molecule has 0 fully saturated rings. The summed E-state index contributed by atoms with van der Waals surface area (Å²) in [5, 5.41) is 0.879. The van der Waals surface area contributed by atoms with Crippen LogP contribution in [0.15, 0.2) is 29.1 Å². The number of hydrogen-bond acceptors (Lipinski definition) is 5. The molecule has 0 N–H and O–H groups in total. The van der Waals surface area contributed by atoms with Gasteiger partial charge in [0.25, 0.3) is 5.56 Å². The number of aryl methyl sites for hydroxylation is 3. The first-order valence-electron chi connectivity index (χ1n) is 12.1. The fraction of sp³-hybridized carbons (Fsp3) is 0.538. The first-order valence-corrected chi connectivity index (χ1v) is 12.9. The minimum atomic E-state index is 0.142. The van der Waals surface area contributed by atoms with Crippen LogP contribution in [0.5, 0.6) is 5.75 Å². The van der Waals surface area contributed by atoms with E-state index in [2.05, 4.69) is 37.8 Å². The molecule has 4 rings (SSSR count). The minimum absolute atomic E-state index is 0.142. The molecule has 1 aliphatic carbocycles. The van der Waals surface area contributed by atoms with Crippen molar-refractivity contribution in [2.75, 3.05) is 19.7 Å². The van der Waals surface area contributed by atoms with Crippen LogP contribution < -0.4 is 10.3 Å². The highest BCUT2D eigenvalue weighted by Crippen LogP contribution is 2.34. The number of benzene rings is 1. The summed E-state index contributed by atoms with van der Waals surface area (Å²) in [6.45, 7) is 10.3. The van der Waals surface area contributed by atoms with Gasteiger partial charge >= 0.3 is 0 Å². The number of nitrogens with zero attached hydrogens (tertiary/aromatic N) is 3. The average Bonchev–Trinajstić information content (AvgIpc) is 3.20. The number of rotatable bonds is 10. The maximum Gasteiger partial charge on any atom is 0.262 e. The first-order chi connectivity index (χ1) is 15.6. The summed E-state index contributed by atoms with van der Waals surface area (Å²) >= 11 is 1.74. The van der Waals surface area contributed by atoms with Gasteiger partial charge in [-0.3, -0.25) is 14.3 Å². The van der Waals surface area contributed by atoms with Crippen molar-refractivity contribution in [2.24, 2.45) is 0 Å². The van der Waals surface area contributed by atoms with Gasteiger partial charge in [0, 0.05) is 11.4 Å². The van der Waals surface area contributed by atoms with E-state index in [4.69, 9.17) is 9.72 Å². The Labute approximate surface area is 195 Å². The zero-order chi connectivity index (χ0) is 22.5. The largest absolute Gasteiger partial charge is 0.494 e. The van der Waals surface area contributed by atoms with Gasteiger partial charge in [-0.05, 0) is 74.9 Å². The molecule has 0 spiro atoms. The van der Waals surface area contributed by atoms with E-state index in [-0.39, 0.29) is 5.56 Å². The molecule has 0 unspecified atom stereocenters. The molecule has 0 atom stereocenters. The highest BCUT2D eigenvalue weighted by atomic mass is 32.1. The van der Waals surface area contributed by atoms with Crippen molar-refractivity contribution in [1.82, 2.24) is 14.5 Å². The average molecular weight is 454 g/mol. The number of thiophene rings is 1. The Bertz CT molecular complexity index is 1100. The van der Waals surface area contributed by atoms with Crippen LogP contribution in [0, 0.1) is 0 Å². The quantitative estimate of drug-likeness (QED) is 0.395. The highest BCUT2D eigenvalue weighted by molar-refractivity contribution is 7.18. The summed E-state index contributed by atoms with van der Waals surface area (Å²) in [6.07, 6.45) is 6.30. The van der Waals surface area contributed by atoms with E-state index < -0.39 is 0 Å². The lowest BCUT2D eigenvalue weighted by atomic mass is 9.97. The Hall–Kier alpha value is -2.18. The minimum Gasteiger partial charge on any atom is -0.494 e. The second-order valence-electron chi connectivity index (χ2n) is 8.54. The predicted octanol–water partition coefficient (Wildman–Crippen LogP) is 5.21. The van der Waals surface area contributed by atoms with Crippen LogP contribution in [-0.2, 0) is 32.4 Å². The molecule has 0 aliphatic heterocycles. The summed E-state index contributed by atoms with van der Waals surface area (Å²) in [4.78, 5) is 23.3. The fourth-order valence-corrected chi connectivity index (χ4v) is 5.78. The number of fused-ring (bicyclic) bond motifs is 3. The predicted molar refractivity (Wildman–Crippen MR) is 133 cm³/mol. The Kier molecular flexibility index (Phi) is 7.63. The third kappa shape index (κ3) is 4.91. The summed E-state index contributed by atoms with van der Waals surface area (Å²) in [5.41, 5.74) is 2.72. The number of ether oxygens (including phenoxy) is 1. The molecular weight excluding hydrogens is 418 g/mol. The molecule has 6 heteroatoms. The third-order valence-electron chi connectivity index (χ3n) is 6.54. The number of hydrogen-bond donors (Lipinski definition) is 0. The van der Waals surface area contributed by atoms with Crippen LogP contribution >= 0.6 is 11.3 Å². The van der Waals surface area contributed by atoms with Gasteiger partial charge in [0.15, 0.2) is 0 Å². The highest BCUT2D eigenvalue weighted by Gasteiger charge is 2.22. The normalized spacial score (nSPS) is 13.6. The van der Waals surface area contributed by atoms with Crippen molar-refractivity contribution in [2.45, 2.75) is 72.4 Å². The molecular formula is C26H35N3O2S. The zero-order valence-electron chi connectivity index (χ0n) is 19.7. The Balaban J connectivity index is 1.56. The van der Waals surface area contributed by atoms with Crippen LogP contribution in [0.1, 0.15) is 61.9 Å². The van der Waals surface area contributed by atoms with Gasteiger partial charge in [-0.15, -0.1) is 11.3 Å². The van der Waals surface area contributed by atoms with Crippen LogP contribution in [0.4, 0.5) is 0 Å². The van der Waals surface area contributed by atoms with Crippen LogP contribution in [0.2, 0.25) is 0 Å². The van der Waals surface area contributed by atoms with E-state index >= 15 is 0 Å². The van der Waals surface area contributed by atoms with Gasteiger partial charge in [0.05, 0.1) is 18.5 Å². The van der Waals surface area contributed by atoms with Crippen LogP contribution in [-0.4, -0.2) is 34.1 Å². The second-order valence-corrected chi connectivity index (χ2v) is 9.62. The van der Waals surface area contributed by atoms with Crippen LogP contribution in [0.25, 0.3) is 10.2 Å². The lowest BCUT2D eigenvalue weighted by molar-refractivity contribution is 0.274. The van der Waals surface area contributed by atoms with Gasteiger partial charge in [0.2, 0.25) is 0 Å². The molecule has 0 amide bonds. The smallest absolute Gasteiger partial charge is 0.262 e. The summed E-state index contributed by atoms with van der Waals surface area (Å²) in [7, 11) is 0. The van der Waals surface area contributed by atoms with Crippen LogP contribution in [0.3, 0.4) is 0 Å². The molecule has 2 heterocycles. The SMILES string of the molecule is CCc1ccc(OCCCn2c(CN(CC)CC)nc3sc4c(c3c2=O)CCCC4)cc1. The van der Waals surface area contributed by atoms with E-state index in [0.717, 1.165) is 60.6 Å². The molecule has 172 valence electrons. The molecule has 3 aromatic rings. The molecule has 1 aromatic carbocycles. The van der Waals surface area contributed by atoms with Gasteiger partial charge in [-0.25, -0.2) is 4.98 Å². The summed E-state index contributed by atoms with van der Waals surface area (Å²) in [6, 6.07) is 8.28. The Morgan fingerprint density at radius 2 is 1.84 bits per heavy atom. The van der Waals surface area contributed by atoms with Crippen molar-refractivity contribution in [3.63, 3.8) is 0 Å². The van der Waals surface area contributed by atoms with Gasteiger partial charge < -0.3 is 4.74 Å². The molecule has 0 radical (unpaired) electrons. The van der Waals surface area contributed by atoms with E-state index in [1.807, 2.05) is 16.7 Å². The molecule has 0 saturated heterocycles. The Morgan fingerprint density at radius 3 is 2.56 bits per heavy atom. The van der Waals surface area contributed by atoms with E-state index in [9.17, 15) is 4.79 Å². The van der Waals surface area contributed by atoms with Gasteiger partial charge in [-0.1, -0.05) is 32.9 Å². The van der Waals surface area contributed by atoms with Gasteiger partial charge in [0.1, 0.15) is 16.4 Å². The topological polar surface area (TPSA) is 47.4 Å². The molecule has 5 nitrogen and oxygen atoms in total. The monoisotopic (exact) mass is 453 g/mol.